The molecular formula is C18H14N6O3. The Bertz CT molecular complexity index is 1090. The molecule has 0 aliphatic carbocycles. The molecule has 0 amide bonds. The third kappa shape index (κ3) is 2.91. The number of esters is 1. The highest BCUT2D eigenvalue weighted by Gasteiger charge is 2.25. The predicted octanol–water partition coefficient (Wildman–Crippen LogP) is 2.35. The van der Waals surface area contributed by atoms with Gasteiger partial charge in [-0.15, -0.1) is 5.10 Å². The number of nitrogen functional groups attached to an aromatic ring is 1. The van der Waals surface area contributed by atoms with Crippen LogP contribution in [0.2, 0.25) is 0 Å². The number of carbonyl (C=O) groups is 1. The molecule has 0 bridgehead atoms. The maximum Gasteiger partial charge on any atom is 0.360 e. The van der Waals surface area contributed by atoms with Crippen molar-refractivity contribution in [1.82, 2.24) is 25.3 Å². The number of anilines is 1. The summed E-state index contributed by atoms with van der Waals surface area (Å²) in [5.74, 6) is -0.461. The van der Waals surface area contributed by atoms with Gasteiger partial charge in [-0.3, -0.25) is 0 Å². The average Bonchev–Trinajstić information content (AvgIpc) is 3.34. The van der Waals surface area contributed by atoms with Crippen molar-refractivity contribution in [2.45, 2.75) is 0 Å². The van der Waals surface area contributed by atoms with Crippen molar-refractivity contribution in [1.29, 1.82) is 0 Å². The summed E-state index contributed by atoms with van der Waals surface area (Å²) in [6.45, 7) is 0. The molecule has 4 aromatic rings. The van der Waals surface area contributed by atoms with Gasteiger partial charge in [-0.1, -0.05) is 59.8 Å². The molecule has 2 N–H and O–H groups in total. The van der Waals surface area contributed by atoms with E-state index in [4.69, 9.17) is 10.5 Å². The largest absolute Gasteiger partial charge is 0.464 e. The minimum atomic E-state index is -0.626. The van der Waals surface area contributed by atoms with Crippen LogP contribution in [0.3, 0.4) is 0 Å². The van der Waals surface area contributed by atoms with Gasteiger partial charge in [-0.2, -0.15) is 4.68 Å². The Morgan fingerprint density at radius 3 is 2.30 bits per heavy atom. The molecule has 0 aliphatic rings. The molecule has 0 saturated heterocycles. The Morgan fingerprint density at radius 1 is 1.00 bits per heavy atom. The quantitative estimate of drug-likeness (QED) is 0.549. The lowest BCUT2D eigenvalue weighted by Gasteiger charge is -2.07. The summed E-state index contributed by atoms with van der Waals surface area (Å²) in [7, 11) is 1.27. The molecule has 2 aromatic heterocycles. The maximum absolute atomic E-state index is 12.1. The Morgan fingerprint density at radius 2 is 1.67 bits per heavy atom. The van der Waals surface area contributed by atoms with Gasteiger partial charge in [0.15, 0.2) is 5.69 Å². The summed E-state index contributed by atoms with van der Waals surface area (Å²) in [5.41, 5.74) is 8.97. The number of hydrogen-bond donors (Lipinski definition) is 1. The number of aromatic nitrogens is 5. The highest BCUT2D eigenvalue weighted by molar-refractivity contribution is 5.94. The molecule has 0 aliphatic heterocycles. The van der Waals surface area contributed by atoms with E-state index in [0.717, 1.165) is 11.1 Å². The van der Waals surface area contributed by atoms with E-state index in [1.165, 1.54) is 11.8 Å². The van der Waals surface area contributed by atoms with Crippen molar-refractivity contribution in [3.8, 4) is 28.2 Å². The lowest BCUT2D eigenvalue weighted by atomic mass is 10.0. The molecule has 0 saturated carbocycles. The van der Waals surface area contributed by atoms with Gasteiger partial charge in [0.05, 0.1) is 7.11 Å². The zero-order chi connectivity index (χ0) is 18.8. The highest BCUT2D eigenvalue weighted by atomic mass is 16.6. The number of ether oxygens (including phenoxy) is 1. The van der Waals surface area contributed by atoms with E-state index in [1.54, 1.807) is 0 Å². The van der Waals surface area contributed by atoms with Crippen molar-refractivity contribution < 1.29 is 14.2 Å². The second kappa shape index (κ2) is 6.71. The smallest absolute Gasteiger partial charge is 0.360 e. The summed E-state index contributed by atoms with van der Waals surface area (Å²) in [4.78, 5) is 12.1. The standard InChI is InChI=1S/C18H14N6O3/c1-26-18(25)14-15(24(23-20-14)17-16(19)21-27-22-17)13-9-7-12(8-10-13)11-5-3-2-4-6-11/h2-10H,1H3,(H2,19,21). The minimum absolute atomic E-state index is 0.0264. The Balaban J connectivity index is 1.84. The average molecular weight is 362 g/mol. The second-order valence-corrected chi connectivity index (χ2v) is 5.61. The lowest BCUT2D eigenvalue weighted by Crippen LogP contribution is -2.07. The number of hydrogen-bond acceptors (Lipinski definition) is 8. The summed E-state index contributed by atoms with van der Waals surface area (Å²) >= 11 is 0. The fourth-order valence-electron chi connectivity index (χ4n) is 2.71. The van der Waals surface area contributed by atoms with Crippen molar-refractivity contribution in [2.24, 2.45) is 0 Å². The number of benzene rings is 2. The fourth-order valence-corrected chi connectivity index (χ4v) is 2.71. The Labute approximate surface area is 153 Å². The molecule has 0 radical (unpaired) electrons. The third-order valence-electron chi connectivity index (χ3n) is 4.01. The molecule has 0 unspecified atom stereocenters. The van der Waals surface area contributed by atoms with Gasteiger partial charge >= 0.3 is 5.97 Å². The molecule has 0 spiro atoms. The monoisotopic (exact) mass is 362 g/mol. The van der Waals surface area contributed by atoms with Crippen molar-refractivity contribution in [3.05, 3.63) is 60.3 Å². The Hall–Kier alpha value is -4.01. The second-order valence-electron chi connectivity index (χ2n) is 5.61. The van der Waals surface area contributed by atoms with Crippen LogP contribution in [0.15, 0.2) is 59.2 Å². The first-order chi connectivity index (χ1) is 13.2. The molecular weight excluding hydrogens is 348 g/mol. The molecule has 2 aromatic carbocycles. The van der Waals surface area contributed by atoms with Gasteiger partial charge in [0.1, 0.15) is 5.69 Å². The first-order valence-electron chi connectivity index (χ1n) is 7.97. The fraction of sp³-hybridized carbons (Fsp3) is 0.0556. The Kier molecular flexibility index (Phi) is 4.09. The molecule has 9 heteroatoms. The summed E-state index contributed by atoms with van der Waals surface area (Å²) in [5, 5.41) is 15.2. The van der Waals surface area contributed by atoms with E-state index in [9.17, 15) is 4.79 Å². The third-order valence-corrected chi connectivity index (χ3v) is 4.01. The van der Waals surface area contributed by atoms with Gasteiger partial charge in [0.25, 0.3) is 0 Å². The number of methoxy groups -OCH3 is 1. The van der Waals surface area contributed by atoms with Crippen molar-refractivity contribution >= 4 is 11.8 Å². The predicted molar refractivity (Wildman–Crippen MR) is 95.8 cm³/mol. The van der Waals surface area contributed by atoms with Crippen LogP contribution in [0, 0.1) is 0 Å². The SMILES string of the molecule is COC(=O)c1nnn(-c2nonc2N)c1-c1ccc(-c2ccccc2)cc1. The van der Waals surface area contributed by atoms with Crippen LogP contribution < -0.4 is 5.73 Å². The van der Waals surface area contributed by atoms with Gasteiger partial charge in [-0.25, -0.2) is 9.42 Å². The zero-order valence-corrected chi connectivity index (χ0v) is 14.2. The van der Waals surface area contributed by atoms with Crippen LogP contribution >= 0.6 is 0 Å². The van der Waals surface area contributed by atoms with E-state index in [0.29, 0.717) is 11.3 Å². The van der Waals surface area contributed by atoms with Crippen LogP contribution in [-0.4, -0.2) is 38.4 Å². The van der Waals surface area contributed by atoms with E-state index >= 15 is 0 Å². The van der Waals surface area contributed by atoms with Crippen LogP contribution in [0.1, 0.15) is 10.5 Å². The molecule has 2 heterocycles. The number of nitrogens with two attached hydrogens (primary N) is 1. The zero-order valence-electron chi connectivity index (χ0n) is 14.2. The van der Waals surface area contributed by atoms with E-state index in [2.05, 4.69) is 25.3 Å². The van der Waals surface area contributed by atoms with Crippen molar-refractivity contribution in [2.75, 3.05) is 12.8 Å². The van der Waals surface area contributed by atoms with Crippen LogP contribution in [0.4, 0.5) is 5.82 Å². The lowest BCUT2D eigenvalue weighted by molar-refractivity contribution is 0.0595. The first kappa shape index (κ1) is 16.5. The van der Waals surface area contributed by atoms with Crippen LogP contribution in [-0.2, 0) is 4.74 Å². The molecule has 0 fully saturated rings. The summed E-state index contributed by atoms with van der Waals surface area (Å²) < 4.78 is 10.7. The van der Waals surface area contributed by atoms with Gasteiger partial charge in [-0.05, 0) is 21.4 Å². The molecule has 27 heavy (non-hydrogen) atoms. The molecule has 4 rings (SSSR count). The number of nitrogens with zero attached hydrogens (tertiary/aromatic N) is 5. The van der Waals surface area contributed by atoms with E-state index < -0.39 is 5.97 Å². The topological polar surface area (TPSA) is 122 Å². The molecule has 0 atom stereocenters. The van der Waals surface area contributed by atoms with E-state index in [-0.39, 0.29) is 17.3 Å². The molecule has 9 nitrogen and oxygen atoms in total. The van der Waals surface area contributed by atoms with E-state index in [1.807, 2.05) is 54.6 Å². The van der Waals surface area contributed by atoms with Gasteiger partial charge in [0.2, 0.25) is 11.6 Å². The van der Waals surface area contributed by atoms with Crippen molar-refractivity contribution in [3.63, 3.8) is 0 Å². The van der Waals surface area contributed by atoms with Gasteiger partial charge < -0.3 is 10.5 Å². The highest BCUT2D eigenvalue weighted by Crippen LogP contribution is 2.29. The molecule has 134 valence electrons. The van der Waals surface area contributed by atoms with Crippen LogP contribution in [0.5, 0.6) is 0 Å². The number of rotatable bonds is 4. The summed E-state index contributed by atoms with van der Waals surface area (Å²) in [6, 6.07) is 17.5. The number of carbonyl (C=O) groups excluding carboxylic acids is 1. The summed E-state index contributed by atoms with van der Waals surface area (Å²) in [6.07, 6.45) is 0. The minimum Gasteiger partial charge on any atom is -0.464 e. The first-order valence-corrected chi connectivity index (χ1v) is 7.97. The van der Waals surface area contributed by atoms with Crippen LogP contribution in [0.25, 0.3) is 28.2 Å². The maximum atomic E-state index is 12.1. The van der Waals surface area contributed by atoms with Gasteiger partial charge in [0, 0.05) is 5.56 Å². The normalized spacial score (nSPS) is 10.7.